The quantitative estimate of drug-likeness (QED) is 0.363. The van der Waals surface area contributed by atoms with E-state index in [1.165, 1.54) is 32.1 Å². The summed E-state index contributed by atoms with van der Waals surface area (Å²) in [6, 6.07) is 0.351. The minimum atomic E-state index is 0.351. The predicted octanol–water partition coefficient (Wildman–Crippen LogP) is 5.53. The third kappa shape index (κ3) is 15.1. The van der Waals surface area contributed by atoms with Crippen molar-refractivity contribution in [3.05, 3.63) is 36.5 Å². The van der Waals surface area contributed by atoms with Crippen LogP contribution in [-0.4, -0.2) is 6.04 Å². The lowest BCUT2D eigenvalue weighted by molar-refractivity contribution is 0.551. The first-order valence-corrected chi connectivity index (χ1v) is 8.01. The highest BCUT2D eigenvalue weighted by atomic mass is 14.6. The molecule has 1 nitrogen and oxygen atoms in total. The van der Waals surface area contributed by atoms with Gasteiger partial charge in [0, 0.05) is 6.04 Å². The minimum absolute atomic E-state index is 0.351. The molecule has 0 aliphatic carbocycles. The Balaban J connectivity index is 3.43. The van der Waals surface area contributed by atoms with Crippen LogP contribution in [0.1, 0.15) is 71.6 Å². The summed E-state index contributed by atoms with van der Waals surface area (Å²) in [7, 11) is 0. The van der Waals surface area contributed by atoms with E-state index in [9.17, 15) is 0 Å². The molecule has 0 aromatic heterocycles. The van der Waals surface area contributed by atoms with E-state index in [-0.39, 0.29) is 0 Å². The molecule has 0 rings (SSSR count). The van der Waals surface area contributed by atoms with E-state index in [0.717, 1.165) is 25.7 Å². The lowest BCUT2D eigenvalue weighted by Crippen LogP contribution is -2.18. The molecule has 1 heteroatoms. The molecule has 0 bridgehead atoms. The second kappa shape index (κ2) is 15.2. The largest absolute Gasteiger partial charge is 0.327 e. The van der Waals surface area contributed by atoms with Crippen molar-refractivity contribution < 1.29 is 0 Å². The Morgan fingerprint density at radius 1 is 0.789 bits per heavy atom. The van der Waals surface area contributed by atoms with Gasteiger partial charge in [0.05, 0.1) is 0 Å². The van der Waals surface area contributed by atoms with Crippen LogP contribution in [0.15, 0.2) is 36.5 Å². The maximum absolute atomic E-state index is 6.07. The highest BCUT2D eigenvalue weighted by molar-refractivity contribution is 4.97. The van der Waals surface area contributed by atoms with E-state index in [1.807, 2.05) is 0 Å². The Bertz CT molecular complexity index is 250. The summed E-state index contributed by atoms with van der Waals surface area (Å²) in [5, 5.41) is 0. The van der Waals surface area contributed by atoms with Gasteiger partial charge >= 0.3 is 0 Å². The molecule has 0 spiro atoms. The van der Waals surface area contributed by atoms with Crippen LogP contribution in [-0.2, 0) is 0 Å². The molecule has 0 aromatic rings. The molecule has 0 radical (unpaired) electrons. The van der Waals surface area contributed by atoms with Gasteiger partial charge in [0.25, 0.3) is 0 Å². The maximum Gasteiger partial charge on any atom is 0.00734 e. The monoisotopic (exact) mass is 263 g/mol. The summed E-state index contributed by atoms with van der Waals surface area (Å²) in [5.74, 6) is 0. The number of nitrogens with two attached hydrogens (primary N) is 1. The van der Waals surface area contributed by atoms with Crippen molar-refractivity contribution in [3.63, 3.8) is 0 Å². The number of allylic oxidation sites excluding steroid dienone is 5. The lowest BCUT2D eigenvalue weighted by Gasteiger charge is -2.07. The highest BCUT2D eigenvalue weighted by Crippen LogP contribution is 2.07. The van der Waals surface area contributed by atoms with Gasteiger partial charge in [-0.1, -0.05) is 76.0 Å². The highest BCUT2D eigenvalue weighted by Gasteiger charge is 1.98. The zero-order chi connectivity index (χ0) is 14.2. The van der Waals surface area contributed by atoms with Gasteiger partial charge in [0.15, 0.2) is 0 Å². The summed E-state index contributed by atoms with van der Waals surface area (Å²) < 4.78 is 0. The van der Waals surface area contributed by atoms with Gasteiger partial charge in [-0.05, 0) is 32.1 Å². The maximum atomic E-state index is 6.07. The van der Waals surface area contributed by atoms with Crippen LogP contribution in [0, 0.1) is 0 Å². The Morgan fingerprint density at radius 2 is 1.42 bits per heavy atom. The van der Waals surface area contributed by atoms with Crippen molar-refractivity contribution in [1.29, 1.82) is 0 Å². The van der Waals surface area contributed by atoms with Crippen molar-refractivity contribution in [3.8, 4) is 0 Å². The number of unbranched alkanes of at least 4 members (excludes halogenated alkanes) is 3. The summed E-state index contributed by atoms with van der Waals surface area (Å²) in [4.78, 5) is 0. The first kappa shape index (κ1) is 18.2. The smallest absolute Gasteiger partial charge is 0.00734 e. The molecule has 0 aliphatic rings. The third-order valence-electron chi connectivity index (χ3n) is 3.15. The fourth-order valence-corrected chi connectivity index (χ4v) is 1.93. The van der Waals surface area contributed by atoms with Crippen LogP contribution in [0.3, 0.4) is 0 Å². The summed E-state index contributed by atoms with van der Waals surface area (Å²) >= 11 is 0. The van der Waals surface area contributed by atoms with Crippen molar-refractivity contribution in [1.82, 2.24) is 0 Å². The number of hydrogen-bond donors (Lipinski definition) is 1. The van der Waals surface area contributed by atoms with Gasteiger partial charge in [-0.2, -0.15) is 0 Å². The first-order chi connectivity index (χ1) is 9.31. The Labute approximate surface area is 120 Å². The summed E-state index contributed by atoms with van der Waals surface area (Å²) in [6.07, 6.45) is 24.0. The second-order valence-corrected chi connectivity index (χ2v) is 5.14. The van der Waals surface area contributed by atoms with Gasteiger partial charge in [-0.25, -0.2) is 0 Å². The van der Waals surface area contributed by atoms with Crippen LogP contribution in [0.2, 0.25) is 0 Å². The van der Waals surface area contributed by atoms with Crippen molar-refractivity contribution in [2.45, 2.75) is 77.7 Å². The third-order valence-corrected chi connectivity index (χ3v) is 3.15. The Hall–Kier alpha value is -0.820. The van der Waals surface area contributed by atoms with Crippen LogP contribution >= 0.6 is 0 Å². The molecular formula is C18H33N. The molecule has 0 aromatic carbocycles. The number of rotatable bonds is 12. The van der Waals surface area contributed by atoms with Gasteiger partial charge in [-0.15, -0.1) is 0 Å². The molecule has 1 unspecified atom stereocenters. The summed E-state index contributed by atoms with van der Waals surface area (Å²) in [5.41, 5.74) is 6.07. The Kier molecular flexibility index (Phi) is 14.6. The molecule has 0 aliphatic heterocycles. The summed E-state index contributed by atoms with van der Waals surface area (Å²) in [6.45, 7) is 4.41. The molecule has 110 valence electrons. The fraction of sp³-hybridized carbons (Fsp3) is 0.667. The predicted molar refractivity (Wildman–Crippen MR) is 88.3 cm³/mol. The molecule has 0 saturated heterocycles. The average Bonchev–Trinajstić information content (AvgIpc) is 2.42. The van der Waals surface area contributed by atoms with Gasteiger partial charge in [0.1, 0.15) is 0 Å². The topological polar surface area (TPSA) is 26.0 Å². The van der Waals surface area contributed by atoms with E-state index in [1.54, 1.807) is 0 Å². The van der Waals surface area contributed by atoms with Gasteiger partial charge in [0.2, 0.25) is 0 Å². The average molecular weight is 263 g/mol. The zero-order valence-electron chi connectivity index (χ0n) is 13.0. The first-order valence-electron chi connectivity index (χ1n) is 8.01. The van der Waals surface area contributed by atoms with Crippen LogP contribution in [0.25, 0.3) is 0 Å². The molecule has 0 fully saturated rings. The van der Waals surface area contributed by atoms with Crippen molar-refractivity contribution in [2.75, 3.05) is 0 Å². The molecule has 0 heterocycles. The number of hydrogen-bond acceptors (Lipinski definition) is 1. The van der Waals surface area contributed by atoms with E-state index in [0.29, 0.717) is 6.04 Å². The molecule has 0 saturated carbocycles. The van der Waals surface area contributed by atoms with Crippen molar-refractivity contribution in [2.24, 2.45) is 5.73 Å². The fourth-order valence-electron chi connectivity index (χ4n) is 1.93. The van der Waals surface area contributed by atoms with E-state index in [2.05, 4.69) is 50.3 Å². The molecule has 0 amide bonds. The van der Waals surface area contributed by atoms with E-state index >= 15 is 0 Å². The van der Waals surface area contributed by atoms with Crippen LogP contribution in [0.5, 0.6) is 0 Å². The SMILES string of the molecule is CCC=CCC=CCC=CCC(N)CCCCCC. The van der Waals surface area contributed by atoms with Crippen LogP contribution in [0.4, 0.5) is 0 Å². The van der Waals surface area contributed by atoms with Crippen molar-refractivity contribution >= 4 is 0 Å². The van der Waals surface area contributed by atoms with Gasteiger partial charge in [-0.3, -0.25) is 0 Å². The second-order valence-electron chi connectivity index (χ2n) is 5.14. The lowest BCUT2D eigenvalue weighted by atomic mass is 10.1. The Morgan fingerprint density at radius 3 is 2.05 bits per heavy atom. The molecule has 1 atom stereocenters. The van der Waals surface area contributed by atoms with E-state index in [4.69, 9.17) is 5.73 Å². The molecule has 2 N–H and O–H groups in total. The minimum Gasteiger partial charge on any atom is -0.327 e. The molecular weight excluding hydrogens is 230 g/mol. The van der Waals surface area contributed by atoms with Crippen LogP contribution < -0.4 is 5.73 Å². The van der Waals surface area contributed by atoms with E-state index < -0.39 is 0 Å². The van der Waals surface area contributed by atoms with Gasteiger partial charge < -0.3 is 5.73 Å². The normalized spacial score (nSPS) is 14.1. The molecule has 19 heavy (non-hydrogen) atoms. The zero-order valence-corrected chi connectivity index (χ0v) is 13.0. The standard InChI is InChI=1S/C18H33N/c1-3-5-7-9-10-11-12-13-15-17-18(19)16-14-8-6-4-2/h5,7,10-11,13,15,18H,3-4,6,8-9,12,14,16-17,19H2,1-2H3.